The van der Waals surface area contributed by atoms with E-state index in [2.05, 4.69) is 17.1 Å². The predicted octanol–water partition coefficient (Wildman–Crippen LogP) is 0.690. The van der Waals surface area contributed by atoms with Gasteiger partial charge in [-0.3, -0.25) is 0 Å². The van der Waals surface area contributed by atoms with Crippen molar-refractivity contribution in [3.05, 3.63) is 0 Å². The van der Waals surface area contributed by atoms with Crippen molar-refractivity contribution in [2.24, 2.45) is 5.92 Å². The summed E-state index contributed by atoms with van der Waals surface area (Å²) in [6, 6.07) is 0.823. The van der Waals surface area contributed by atoms with Gasteiger partial charge in [0, 0.05) is 12.6 Å². The first-order valence-electron chi connectivity index (χ1n) is 4.86. The molecular formula is C9H18N2. The third-order valence-electron chi connectivity index (χ3n) is 3.21. The van der Waals surface area contributed by atoms with E-state index in [1.807, 2.05) is 0 Å². The Hall–Kier alpha value is -0.0800. The van der Waals surface area contributed by atoms with Gasteiger partial charge < -0.3 is 10.2 Å². The molecule has 0 aromatic rings. The molecule has 2 nitrogen and oxygen atoms in total. The van der Waals surface area contributed by atoms with E-state index in [4.69, 9.17) is 0 Å². The number of hydrogen-bond donors (Lipinski definition) is 1. The van der Waals surface area contributed by atoms with Crippen molar-refractivity contribution >= 4 is 0 Å². The number of nitrogens with one attached hydrogen (secondary N) is 1. The van der Waals surface area contributed by atoms with E-state index in [9.17, 15) is 0 Å². The monoisotopic (exact) mass is 154 g/mol. The summed E-state index contributed by atoms with van der Waals surface area (Å²) in [7, 11) is 0. The van der Waals surface area contributed by atoms with E-state index >= 15 is 0 Å². The molecule has 2 saturated heterocycles. The molecule has 0 aromatic carbocycles. The molecule has 2 fully saturated rings. The fourth-order valence-corrected chi connectivity index (χ4v) is 2.39. The molecule has 0 aromatic heterocycles. The third kappa shape index (κ3) is 1.42. The molecule has 0 aliphatic carbocycles. The van der Waals surface area contributed by atoms with Gasteiger partial charge in [0.25, 0.3) is 0 Å². The van der Waals surface area contributed by atoms with Crippen LogP contribution in [0.3, 0.4) is 0 Å². The maximum absolute atomic E-state index is 3.58. The van der Waals surface area contributed by atoms with E-state index in [1.165, 1.54) is 39.0 Å². The number of fused-ring (bicyclic) bond motifs is 1. The Morgan fingerprint density at radius 3 is 3.18 bits per heavy atom. The molecule has 2 atom stereocenters. The van der Waals surface area contributed by atoms with E-state index in [1.54, 1.807) is 0 Å². The van der Waals surface area contributed by atoms with Crippen LogP contribution >= 0.6 is 0 Å². The fraction of sp³-hybridized carbons (Fsp3) is 1.00. The van der Waals surface area contributed by atoms with Gasteiger partial charge in [0.15, 0.2) is 0 Å². The van der Waals surface area contributed by atoms with Crippen LogP contribution in [0.4, 0.5) is 0 Å². The Kier molecular flexibility index (Phi) is 2.14. The van der Waals surface area contributed by atoms with Crippen molar-refractivity contribution in [2.45, 2.75) is 25.8 Å². The lowest BCUT2D eigenvalue weighted by Crippen LogP contribution is -2.46. The predicted molar refractivity (Wildman–Crippen MR) is 46.6 cm³/mol. The minimum atomic E-state index is 0.823. The van der Waals surface area contributed by atoms with E-state index in [-0.39, 0.29) is 0 Å². The van der Waals surface area contributed by atoms with Crippen LogP contribution in [0.1, 0.15) is 19.8 Å². The summed E-state index contributed by atoms with van der Waals surface area (Å²) in [4.78, 5) is 2.56. The fourth-order valence-electron chi connectivity index (χ4n) is 2.39. The number of nitrogens with zero attached hydrogens (tertiary/aromatic N) is 1. The molecule has 0 bridgehead atoms. The average molecular weight is 154 g/mol. The first-order valence-corrected chi connectivity index (χ1v) is 4.86. The number of hydrogen-bond acceptors (Lipinski definition) is 2. The second kappa shape index (κ2) is 3.11. The minimum Gasteiger partial charge on any atom is -0.312 e. The lowest BCUT2D eigenvalue weighted by Gasteiger charge is -2.33. The molecule has 2 rings (SSSR count). The number of likely N-dealkylation sites (N-methyl/N-ethyl adjacent to an activating group) is 1. The molecule has 0 spiro atoms. The van der Waals surface area contributed by atoms with E-state index in [0.717, 1.165) is 12.0 Å². The average Bonchev–Trinajstić information content (AvgIpc) is 2.50. The molecule has 2 aliphatic rings. The molecule has 1 N–H and O–H groups in total. The van der Waals surface area contributed by atoms with Gasteiger partial charge in [0.2, 0.25) is 0 Å². The second-order valence-corrected chi connectivity index (χ2v) is 3.79. The Balaban J connectivity index is 1.91. The molecule has 2 heterocycles. The van der Waals surface area contributed by atoms with Crippen molar-refractivity contribution in [1.82, 2.24) is 10.2 Å². The molecule has 0 unspecified atom stereocenters. The van der Waals surface area contributed by atoms with Crippen LogP contribution in [-0.4, -0.2) is 37.1 Å². The first-order chi connectivity index (χ1) is 5.40. The Morgan fingerprint density at radius 1 is 1.45 bits per heavy atom. The number of rotatable bonds is 1. The second-order valence-electron chi connectivity index (χ2n) is 3.79. The minimum absolute atomic E-state index is 0.823. The topological polar surface area (TPSA) is 15.3 Å². The standard InChI is InChI=1S/C9H18N2/c1-2-11-6-4-8-3-5-10-9(8)7-11/h8-10H,2-7H2,1H3/t8-,9+/m1/s1. The summed E-state index contributed by atoms with van der Waals surface area (Å²) < 4.78 is 0. The highest BCUT2D eigenvalue weighted by Crippen LogP contribution is 2.24. The summed E-state index contributed by atoms with van der Waals surface area (Å²) in [6.07, 6.45) is 2.84. The highest BCUT2D eigenvalue weighted by atomic mass is 15.2. The van der Waals surface area contributed by atoms with Gasteiger partial charge in [-0.05, 0) is 38.4 Å². The largest absolute Gasteiger partial charge is 0.312 e. The van der Waals surface area contributed by atoms with Crippen LogP contribution in [0.25, 0.3) is 0 Å². The zero-order valence-electron chi connectivity index (χ0n) is 7.34. The zero-order chi connectivity index (χ0) is 7.68. The van der Waals surface area contributed by atoms with Gasteiger partial charge in [0.05, 0.1) is 0 Å². The molecule has 2 heteroatoms. The summed E-state index contributed by atoms with van der Waals surface area (Å²) in [6.45, 7) is 7.37. The lowest BCUT2D eigenvalue weighted by molar-refractivity contribution is 0.174. The normalized spacial score (nSPS) is 39.0. The van der Waals surface area contributed by atoms with Crippen LogP contribution < -0.4 is 5.32 Å². The van der Waals surface area contributed by atoms with Crippen molar-refractivity contribution in [2.75, 3.05) is 26.2 Å². The molecule has 11 heavy (non-hydrogen) atoms. The zero-order valence-corrected chi connectivity index (χ0v) is 7.34. The van der Waals surface area contributed by atoms with E-state index < -0.39 is 0 Å². The highest BCUT2D eigenvalue weighted by molar-refractivity contribution is 4.89. The van der Waals surface area contributed by atoms with Gasteiger partial charge in [-0.2, -0.15) is 0 Å². The highest BCUT2D eigenvalue weighted by Gasteiger charge is 2.31. The van der Waals surface area contributed by atoms with Crippen molar-refractivity contribution in [3.8, 4) is 0 Å². The van der Waals surface area contributed by atoms with Gasteiger partial charge in [-0.25, -0.2) is 0 Å². The molecule has 64 valence electrons. The Bertz CT molecular complexity index is 136. The maximum atomic E-state index is 3.58. The van der Waals surface area contributed by atoms with Crippen LogP contribution in [0.2, 0.25) is 0 Å². The SMILES string of the molecule is CCN1CC[C@H]2CCN[C@H]2C1. The van der Waals surface area contributed by atoms with Gasteiger partial charge in [-0.1, -0.05) is 6.92 Å². The van der Waals surface area contributed by atoms with E-state index in [0.29, 0.717) is 0 Å². The molecule has 0 radical (unpaired) electrons. The summed E-state index contributed by atoms with van der Waals surface area (Å²) >= 11 is 0. The molecular weight excluding hydrogens is 136 g/mol. The maximum Gasteiger partial charge on any atom is 0.0224 e. The number of piperidine rings is 1. The lowest BCUT2D eigenvalue weighted by atomic mass is 9.93. The van der Waals surface area contributed by atoms with Crippen LogP contribution in [0, 0.1) is 5.92 Å². The number of likely N-dealkylation sites (tertiary alicyclic amines) is 1. The smallest absolute Gasteiger partial charge is 0.0224 e. The Labute approximate surface area is 69.0 Å². The van der Waals surface area contributed by atoms with Gasteiger partial charge in [-0.15, -0.1) is 0 Å². The summed E-state index contributed by atoms with van der Waals surface area (Å²) in [5.41, 5.74) is 0. The van der Waals surface area contributed by atoms with Crippen molar-refractivity contribution < 1.29 is 0 Å². The van der Waals surface area contributed by atoms with Crippen LogP contribution in [0.15, 0.2) is 0 Å². The Morgan fingerprint density at radius 2 is 2.36 bits per heavy atom. The molecule has 0 amide bonds. The van der Waals surface area contributed by atoms with Crippen molar-refractivity contribution in [3.63, 3.8) is 0 Å². The summed E-state index contributed by atoms with van der Waals surface area (Å²) in [5.74, 6) is 0.998. The third-order valence-corrected chi connectivity index (χ3v) is 3.21. The van der Waals surface area contributed by atoms with Crippen LogP contribution in [-0.2, 0) is 0 Å². The van der Waals surface area contributed by atoms with Gasteiger partial charge >= 0.3 is 0 Å². The first kappa shape index (κ1) is 7.56. The van der Waals surface area contributed by atoms with Crippen LogP contribution in [0.5, 0.6) is 0 Å². The molecule has 2 aliphatic heterocycles. The van der Waals surface area contributed by atoms with Gasteiger partial charge in [0.1, 0.15) is 0 Å². The summed E-state index contributed by atoms with van der Waals surface area (Å²) in [5, 5.41) is 3.58. The van der Waals surface area contributed by atoms with Crippen molar-refractivity contribution in [1.29, 1.82) is 0 Å². The molecule has 0 saturated carbocycles. The quantitative estimate of drug-likeness (QED) is 0.598.